The molecule has 0 rings (SSSR count). The second-order valence-electron chi connectivity index (χ2n) is 2.58. The summed E-state index contributed by atoms with van der Waals surface area (Å²) >= 11 is -0.346. The third kappa shape index (κ3) is 30.0. The van der Waals surface area contributed by atoms with Crippen LogP contribution in [0.5, 0.6) is 0 Å². The summed E-state index contributed by atoms with van der Waals surface area (Å²) in [6.07, 6.45) is 2.08. The minimum absolute atomic E-state index is 0. The molecule has 0 aromatic heterocycles. The Balaban J connectivity index is -0.000000177. The van der Waals surface area contributed by atoms with Crippen molar-refractivity contribution in [2.24, 2.45) is 11.5 Å². The van der Waals surface area contributed by atoms with Crippen LogP contribution < -0.4 is 11.5 Å². The molecule has 0 spiro atoms. The fraction of sp³-hybridized carbons (Fsp3) is 1.00. The number of rotatable bonds is 3. The molecule has 0 saturated heterocycles. The molecule has 0 aromatic carbocycles. The summed E-state index contributed by atoms with van der Waals surface area (Å²) in [7, 11) is 9.71. The van der Waals surface area contributed by atoms with E-state index in [2.05, 4.69) is 0 Å². The molecule has 3 atom stereocenters. The van der Waals surface area contributed by atoms with Crippen LogP contribution in [0.1, 0.15) is 26.7 Å². The quantitative estimate of drug-likeness (QED) is 0.616. The molecule has 0 saturated carbocycles. The molecule has 0 bridgehead atoms. The molecule has 2 nitrogen and oxygen atoms in total. The Morgan fingerprint density at radius 3 is 1.33 bits per heavy atom. The Kier molecular flexibility index (Phi) is 24.0. The van der Waals surface area contributed by atoms with Crippen molar-refractivity contribution in [3.05, 3.63) is 0 Å². The summed E-state index contributed by atoms with van der Waals surface area (Å²) in [5.41, 5.74) is 11.0. The van der Waals surface area contributed by atoms with Gasteiger partial charge in [-0.05, 0) is 26.7 Å². The van der Waals surface area contributed by atoms with E-state index in [0.29, 0.717) is 12.1 Å². The van der Waals surface area contributed by atoms with E-state index in [1.54, 1.807) is 0 Å². The van der Waals surface area contributed by atoms with Gasteiger partial charge in [0.25, 0.3) is 0 Å². The van der Waals surface area contributed by atoms with Crippen molar-refractivity contribution in [1.82, 2.24) is 0 Å². The van der Waals surface area contributed by atoms with Gasteiger partial charge in [0, 0.05) is 12.1 Å². The summed E-state index contributed by atoms with van der Waals surface area (Å²) in [6.45, 7) is 4.00. The van der Waals surface area contributed by atoms with Gasteiger partial charge in [0.15, 0.2) is 0 Å². The first kappa shape index (κ1) is 19.2. The fourth-order valence-corrected chi connectivity index (χ4v) is 0.526. The van der Waals surface area contributed by atoms with Crippen LogP contribution in [0.3, 0.4) is 0 Å². The average Bonchev–Trinajstić information content (AvgIpc) is 1.85. The summed E-state index contributed by atoms with van der Waals surface area (Å²) < 4.78 is 0. The molecule has 0 fully saturated rings. The number of nitrogens with two attached hydrogens (primary N) is 2. The SMILES string of the molecule is C[C@H](N)CC[C@H](C)N.P.[Cl][Ru][Cl]. The van der Waals surface area contributed by atoms with E-state index < -0.39 is 0 Å². The van der Waals surface area contributed by atoms with Crippen LogP contribution in [0, 0.1) is 0 Å². The van der Waals surface area contributed by atoms with Crippen molar-refractivity contribution in [3.8, 4) is 0 Å². The zero-order valence-corrected chi connectivity index (χ0v) is 12.2. The van der Waals surface area contributed by atoms with E-state index in [1.807, 2.05) is 13.8 Å². The molecule has 0 amide bonds. The van der Waals surface area contributed by atoms with Crippen molar-refractivity contribution >= 4 is 29.3 Å². The Hall–Kier alpha value is 1.55. The molecule has 0 aliphatic rings. The monoisotopic (exact) mass is 322 g/mol. The van der Waals surface area contributed by atoms with Crippen LogP contribution in [-0.2, 0) is 15.1 Å². The van der Waals surface area contributed by atoms with Gasteiger partial charge in [-0.3, -0.25) is 0 Å². The molecule has 6 heteroatoms. The summed E-state index contributed by atoms with van der Waals surface area (Å²) in [5.74, 6) is 0. The van der Waals surface area contributed by atoms with E-state index in [4.69, 9.17) is 30.8 Å². The van der Waals surface area contributed by atoms with Crippen molar-refractivity contribution in [1.29, 1.82) is 0 Å². The van der Waals surface area contributed by atoms with E-state index in [9.17, 15) is 0 Å². The number of halogens is 2. The fourth-order valence-electron chi connectivity index (χ4n) is 0.526. The van der Waals surface area contributed by atoms with Crippen LogP contribution in [0.15, 0.2) is 0 Å². The zero-order chi connectivity index (χ0) is 9.28. The van der Waals surface area contributed by atoms with Gasteiger partial charge in [0.2, 0.25) is 0 Å². The second kappa shape index (κ2) is 15.0. The summed E-state index contributed by atoms with van der Waals surface area (Å²) in [4.78, 5) is 0. The molecule has 0 radical (unpaired) electrons. The van der Waals surface area contributed by atoms with Crippen LogP contribution in [0.25, 0.3) is 0 Å². The second-order valence-corrected chi connectivity index (χ2v) is 5.22. The molecule has 1 unspecified atom stereocenters. The first-order chi connectivity index (χ1) is 5.04. The third-order valence-electron chi connectivity index (χ3n) is 1.08. The van der Waals surface area contributed by atoms with Crippen LogP contribution in [0.2, 0.25) is 0 Å². The van der Waals surface area contributed by atoms with Gasteiger partial charge in [-0.1, -0.05) is 0 Å². The molecule has 0 heterocycles. The molecule has 4 N–H and O–H groups in total. The summed E-state index contributed by atoms with van der Waals surface area (Å²) in [5, 5.41) is 0. The van der Waals surface area contributed by atoms with Crippen LogP contribution in [-0.4, -0.2) is 12.1 Å². The molecular weight excluding hydrogens is 303 g/mol. The Morgan fingerprint density at radius 2 is 1.25 bits per heavy atom. The minimum atomic E-state index is -0.346. The van der Waals surface area contributed by atoms with Crippen molar-refractivity contribution in [2.75, 3.05) is 0 Å². The first-order valence-corrected chi connectivity index (χ1v) is 7.88. The predicted molar refractivity (Wildman–Crippen MR) is 59.3 cm³/mol. The predicted octanol–water partition coefficient (Wildman–Crippen LogP) is 1.90. The van der Waals surface area contributed by atoms with E-state index in [-0.39, 0.29) is 25.0 Å². The maximum atomic E-state index is 5.49. The molecule has 0 aliphatic heterocycles. The van der Waals surface area contributed by atoms with E-state index in [1.165, 1.54) is 0 Å². The van der Waals surface area contributed by atoms with Crippen molar-refractivity contribution in [3.63, 3.8) is 0 Å². The summed E-state index contributed by atoms with van der Waals surface area (Å²) in [6, 6.07) is 0.613. The Bertz CT molecular complexity index is 68.6. The molecule has 12 heavy (non-hydrogen) atoms. The number of hydrogen-bond donors (Lipinski definition) is 2. The standard InChI is InChI=1S/C6H16N2.2ClH.H3P.Ru/c1-5(7)3-4-6(2)8;;;;/h5-6H,3-4,7-8H2,1-2H3;2*1H;1H3;/q;;;;+2/p-2/t5-,6-;;;;/m0..../s1. The van der Waals surface area contributed by atoms with E-state index in [0.717, 1.165) is 12.8 Å². The normalized spacial score (nSPS) is 13.8. The van der Waals surface area contributed by atoms with Gasteiger partial charge in [0.05, 0.1) is 0 Å². The van der Waals surface area contributed by atoms with Gasteiger partial charge >= 0.3 is 34.5 Å². The van der Waals surface area contributed by atoms with E-state index >= 15 is 0 Å². The van der Waals surface area contributed by atoms with Gasteiger partial charge in [-0.25, -0.2) is 0 Å². The first-order valence-electron chi connectivity index (χ1n) is 3.41. The molecule has 0 aromatic rings. The van der Waals surface area contributed by atoms with Gasteiger partial charge in [-0.15, -0.1) is 0 Å². The third-order valence-corrected chi connectivity index (χ3v) is 1.08. The Morgan fingerprint density at radius 1 is 1.08 bits per heavy atom. The topological polar surface area (TPSA) is 52.0 Å². The molecule has 80 valence electrons. The average molecular weight is 322 g/mol. The number of hydrogen-bond acceptors (Lipinski definition) is 2. The zero-order valence-electron chi connectivity index (χ0n) is 7.54. The molecular formula is C6H19Cl2N2PRu. The van der Waals surface area contributed by atoms with Crippen molar-refractivity contribution < 1.29 is 15.1 Å². The van der Waals surface area contributed by atoms with Crippen molar-refractivity contribution in [2.45, 2.75) is 38.8 Å². The molecule has 0 aliphatic carbocycles. The Labute approximate surface area is 94.4 Å². The van der Waals surface area contributed by atoms with Crippen LogP contribution >= 0.6 is 29.3 Å². The van der Waals surface area contributed by atoms with Crippen LogP contribution in [0.4, 0.5) is 0 Å². The van der Waals surface area contributed by atoms with Gasteiger partial charge in [0.1, 0.15) is 0 Å². The van der Waals surface area contributed by atoms with Gasteiger partial charge < -0.3 is 11.5 Å². The maximum absolute atomic E-state index is 5.49. The van der Waals surface area contributed by atoms with Gasteiger partial charge in [-0.2, -0.15) is 9.90 Å².